The van der Waals surface area contributed by atoms with Gasteiger partial charge in [-0.3, -0.25) is 4.79 Å². The SMILES string of the molecule is COc1ccc(C(=O)N(C)C)cc1NC(=O)NC(C)CCc1ccccc1. The number of hydrogen-bond donors (Lipinski definition) is 2. The van der Waals surface area contributed by atoms with E-state index in [2.05, 4.69) is 22.8 Å². The molecule has 0 fully saturated rings. The minimum Gasteiger partial charge on any atom is -0.495 e. The summed E-state index contributed by atoms with van der Waals surface area (Å²) in [5.74, 6) is 0.356. The molecule has 0 aromatic heterocycles. The number of methoxy groups -OCH3 is 1. The highest BCUT2D eigenvalue weighted by atomic mass is 16.5. The van der Waals surface area contributed by atoms with Gasteiger partial charge in [0.2, 0.25) is 0 Å². The fraction of sp³-hybridized carbons (Fsp3) is 0.333. The van der Waals surface area contributed by atoms with E-state index in [0.717, 1.165) is 12.8 Å². The Morgan fingerprint density at radius 2 is 1.81 bits per heavy atom. The van der Waals surface area contributed by atoms with Crippen LogP contribution in [0.3, 0.4) is 0 Å². The summed E-state index contributed by atoms with van der Waals surface area (Å²) in [6.07, 6.45) is 1.71. The van der Waals surface area contributed by atoms with Crippen LogP contribution in [0.1, 0.15) is 29.3 Å². The Morgan fingerprint density at radius 3 is 2.44 bits per heavy atom. The van der Waals surface area contributed by atoms with Gasteiger partial charge in [0, 0.05) is 25.7 Å². The number of aryl methyl sites for hydroxylation is 1. The second kappa shape index (κ2) is 9.62. The van der Waals surface area contributed by atoms with Crippen LogP contribution >= 0.6 is 0 Å². The van der Waals surface area contributed by atoms with Gasteiger partial charge < -0.3 is 20.3 Å². The van der Waals surface area contributed by atoms with Gasteiger partial charge >= 0.3 is 6.03 Å². The summed E-state index contributed by atoms with van der Waals surface area (Å²) in [6.45, 7) is 1.96. The maximum atomic E-state index is 12.3. The Bertz CT molecular complexity index is 775. The molecule has 6 heteroatoms. The number of anilines is 1. The number of amides is 3. The standard InChI is InChI=1S/C21H27N3O3/c1-15(10-11-16-8-6-5-7-9-16)22-21(26)23-18-14-17(20(25)24(2)3)12-13-19(18)27-4/h5-9,12-15H,10-11H2,1-4H3,(H2,22,23,26). The van der Waals surface area contributed by atoms with Crippen molar-refractivity contribution in [2.45, 2.75) is 25.8 Å². The van der Waals surface area contributed by atoms with Crippen molar-refractivity contribution < 1.29 is 14.3 Å². The Morgan fingerprint density at radius 1 is 1.11 bits per heavy atom. The molecule has 0 saturated carbocycles. The van der Waals surface area contributed by atoms with Crippen molar-refractivity contribution in [1.82, 2.24) is 10.2 Å². The smallest absolute Gasteiger partial charge is 0.319 e. The van der Waals surface area contributed by atoms with Crippen LogP contribution in [0.5, 0.6) is 5.75 Å². The number of carbonyl (C=O) groups is 2. The summed E-state index contributed by atoms with van der Waals surface area (Å²) in [6, 6.07) is 14.8. The fourth-order valence-corrected chi connectivity index (χ4v) is 2.68. The molecule has 2 aromatic carbocycles. The van der Waals surface area contributed by atoms with E-state index in [9.17, 15) is 9.59 Å². The minimum atomic E-state index is -0.330. The highest BCUT2D eigenvalue weighted by Gasteiger charge is 2.14. The molecule has 6 nitrogen and oxygen atoms in total. The first kappa shape index (κ1) is 20.3. The van der Waals surface area contributed by atoms with E-state index in [4.69, 9.17) is 4.74 Å². The third-order valence-electron chi connectivity index (χ3n) is 4.19. The molecule has 1 atom stereocenters. The number of benzene rings is 2. The van der Waals surface area contributed by atoms with Gasteiger partial charge in [-0.2, -0.15) is 0 Å². The second-order valence-corrected chi connectivity index (χ2v) is 6.64. The summed E-state index contributed by atoms with van der Waals surface area (Å²) in [4.78, 5) is 26.0. The van der Waals surface area contributed by atoms with E-state index < -0.39 is 0 Å². The van der Waals surface area contributed by atoms with Crippen LogP contribution in [0.15, 0.2) is 48.5 Å². The average Bonchev–Trinajstić information content (AvgIpc) is 2.66. The number of carbonyl (C=O) groups excluding carboxylic acids is 2. The van der Waals surface area contributed by atoms with Crippen LogP contribution in [-0.4, -0.2) is 44.1 Å². The fourth-order valence-electron chi connectivity index (χ4n) is 2.68. The first-order chi connectivity index (χ1) is 12.9. The molecule has 0 heterocycles. The molecule has 3 amide bonds. The lowest BCUT2D eigenvalue weighted by Gasteiger charge is -2.17. The van der Waals surface area contributed by atoms with Crippen molar-refractivity contribution in [1.29, 1.82) is 0 Å². The molecule has 0 bridgehead atoms. The van der Waals surface area contributed by atoms with Crippen molar-refractivity contribution in [2.24, 2.45) is 0 Å². The van der Waals surface area contributed by atoms with Crippen LogP contribution in [0, 0.1) is 0 Å². The van der Waals surface area contributed by atoms with E-state index in [0.29, 0.717) is 17.0 Å². The molecule has 2 rings (SSSR count). The quantitative estimate of drug-likeness (QED) is 0.784. The Balaban J connectivity index is 1.97. The number of nitrogens with zero attached hydrogens (tertiary/aromatic N) is 1. The lowest BCUT2D eigenvalue weighted by atomic mass is 10.1. The van der Waals surface area contributed by atoms with Gasteiger partial charge in [0.25, 0.3) is 5.91 Å². The maximum Gasteiger partial charge on any atom is 0.319 e. The van der Waals surface area contributed by atoms with E-state index in [1.165, 1.54) is 17.6 Å². The lowest BCUT2D eigenvalue weighted by Crippen LogP contribution is -2.36. The van der Waals surface area contributed by atoms with Gasteiger partial charge in [0.05, 0.1) is 12.8 Å². The molecule has 0 aliphatic carbocycles. The van der Waals surface area contributed by atoms with Gasteiger partial charge in [0.1, 0.15) is 5.75 Å². The predicted octanol–water partition coefficient (Wildman–Crippen LogP) is 3.54. The zero-order valence-electron chi connectivity index (χ0n) is 16.3. The molecular weight excluding hydrogens is 342 g/mol. The molecule has 144 valence electrons. The van der Waals surface area contributed by atoms with Crippen LogP contribution in [0.2, 0.25) is 0 Å². The molecule has 1 unspecified atom stereocenters. The van der Waals surface area contributed by atoms with Crippen LogP contribution in [0.4, 0.5) is 10.5 Å². The average molecular weight is 369 g/mol. The van der Waals surface area contributed by atoms with Gasteiger partial charge in [-0.25, -0.2) is 4.79 Å². The van der Waals surface area contributed by atoms with Gasteiger partial charge in [-0.05, 0) is 43.5 Å². The first-order valence-electron chi connectivity index (χ1n) is 8.92. The normalized spacial score (nSPS) is 11.4. The molecule has 2 aromatic rings. The molecule has 2 N–H and O–H groups in total. The molecule has 0 saturated heterocycles. The van der Waals surface area contributed by atoms with Crippen molar-refractivity contribution in [3.63, 3.8) is 0 Å². The van der Waals surface area contributed by atoms with Crippen molar-refractivity contribution in [3.05, 3.63) is 59.7 Å². The summed E-state index contributed by atoms with van der Waals surface area (Å²) in [7, 11) is 4.88. The number of urea groups is 1. The highest BCUT2D eigenvalue weighted by Crippen LogP contribution is 2.26. The topological polar surface area (TPSA) is 70.7 Å². The third kappa shape index (κ3) is 6.02. The number of rotatable bonds is 7. The molecular formula is C21H27N3O3. The summed E-state index contributed by atoms with van der Waals surface area (Å²) >= 11 is 0. The maximum absolute atomic E-state index is 12.3. The highest BCUT2D eigenvalue weighted by molar-refractivity contribution is 5.97. The Kier molecular flexibility index (Phi) is 7.23. The largest absolute Gasteiger partial charge is 0.495 e. The second-order valence-electron chi connectivity index (χ2n) is 6.64. The van der Waals surface area contributed by atoms with E-state index >= 15 is 0 Å². The van der Waals surface area contributed by atoms with E-state index in [1.54, 1.807) is 32.3 Å². The first-order valence-corrected chi connectivity index (χ1v) is 8.92. The number of hydrogen-bond acceptors (Lipinski definition) is 3. The summed E-state index contributed by atoms with van der Waals surface area (Å²) in [5.41, 5.74) is 2.18. The molecule has 0 aliphatic heterocycles. The van der Waals surface area contributed by atoms with Gasteiger partial charge in [-0.1, -0.05) is 30.3 Å². The number of ether oxygens (including phenoxy) is 1. The van der Waals surface area contributed by atoms with Crippen molar-refractivity contribution in [2.75, 3.05) is 26.5 Å². The third-order valence-corrected chi connectivity index (χ3v) is 4.19. The molecule has 27 heavy (non-hydrogen) atoms. The summed E-state index contributed by atoms with van der Waals surface area (Å²) < 4.78 is 5.28. The Hall–Kier alpha value is -3.02. The van der Waals surface area contributed by atoms with E-state index in [-0.39, 0.29) is 18.0 Å². The van der Waals surface area contributed by atoms with E-state index in [1.807, 2.05) is 25.1 Å². The monoisotopic (exact) mass is 369 g/mol. The summed E-state index contributed by atoms with van der Waals surface area (Å²) in [5, 5.41) is 5.70. The van der Waals surface area contributed by atoms with Gasteiger partial charge in [0.15, 0.2) is 0 Å². The zero-order valence-corrected chi connectivity index (χ0v) is 16.3. The van der Waals surface area contributed by atoms with Crippen molar-refractivity contribution in [3.8, 4) is 5.75 Å². The minimum absolute atomic E-state index is 0.00258. The predicted molar refractivity (Wildman–Crippen MR) is 107 cm³/mol. The number of nitrogens with one attached hydrogen (secondary N) is 2. The molecule has 0 aliphatic rings. The van der Waals surface area contributed by atoms with Crippen LogP contribution in [-0.2, 0) is 6.42 Å². The Labute approximate surface area is 160 Å². The molecule has 0 radical (unpaired) electrons. The van der Waals surface area contributed by atoms with Crippen LogP contribution < -0.4 is 15.4 Å². The molecule has 0 spiro atoms. The van der Waals surface area contributed by atoms with Gasteiger partial charge in [-0.15, -0.1) is 0 Å². The zero-order chi connectivity index (χ0) is 19.8. The van der Waals surface area contributed by atoms with Crippen LogP contribution in [0.25, 0.3) is 0 Å². The van der Waals surface area contributed by atoms with Crippen molar-refractivity contribution >= 4 is 17.6 Å². The lowest BCUT2D eigenvalue weighted by molar-refractivity contribution is 0.0827.